The van der Waals surface area contributed by atoms with Crippen LogP contribution in [0.5, 0.6) is 0 Å². The highest BCUT2D eigenvalue weighted by molar-refractivity contribution is 5.22. The lowest BCUT2D eigenvalue weighted by Crippen LogP contribution is -2.45. The van der Waals surface area contributed by atoms with Gasteiger partial charge < -0.3 is 20.1 Å². The zero-order valence-corrected chi connectivity index (χ0v) is 12.4. The number of hydrogen-bond acceptors (Lipinski definition) is 4. The zero-order chi connectivity index (χ0) is 14.3. The van der Waals surface area contributed by atoms with E-state index in [1.54, 1.807) is 7.11 Å². The molecule has 0 saturated heterocycles. The van der Waals surface area contributed by atoms with Crippen molar-refractivity contribution in [3.63, 3.8) is 0 Å². The van der Waals surface area contributed by atoms with E-state index in [9.17, 15) is 5.11 Å². The van der Waals surface area contributed by atoms with Crippen LogP contribution in [0.15, 0.2) is 24.3 Å². The molecular formula is C15H26N2O2. The topological polar surface area (TPSA) is 44.7 Å². The predicted octanol–water partition coefficient (Wildman–Crippen LogP) is 1.24. The van der Waals surface area contributed by atoms with Crippen molar-refractivity contribution in [1.29, 1.82) is 0 Å². The molecule has 1 aromatic carbocycles. The second kappa shape index (κ2) is 7.60. The first-order valence-corrected chi connectivity index (χ1v) is 6.57. The molecule has 4 nitrogen and oxygen atoms in total. The average Bonchev–Trinajstić information content (AvgIpc) is 2.27. The van der Waals surface area contributed by atoms with Crippen LogP contribution in [0, 0.1) is 0 Å². The highest BCUT2D eigenvalue weighted by Gasteiger charge is 2.20. The van der Waals surface area contributed by atoms with E-state index < -0.39 is 5.60 Å². The molecule has 0 aliphatic heterocycles. The molecule has 1 aromatic rings. The first kappa shape index (κ1) is 16.1. The summed E-state index contributed by atoms with van der Waals surface area (Å²) in [7, 11) is 5.62. The highest BCUT2D eigenvalue weighted by Crippen LogP contribution is 2.07. The molecule has 1 unspecified atom stereocenters. The molecule has 4 heteroatoms. The van der Waals surface area contributed by atoms with Crippen LogP contribution in [0.4, 0.5) is 0 Å². The maximum Gasteiger partial charge on any atom is 0.0869 e. The molecule has 19 heavy (non-hydrogen) atoms. The second-order valence-electron chi connectivity index (χ2n) is 5.59. The minimum atomic E-state index is -0.715. The number of nitrogens with zero attached hydrogens (tertiary/aromatic N) is 1. The van der Waals surface area contributed by atoms with Gasteiger partial charge in [-0.3, -0.25) is 0 Å². The number of benzene rings is 1. The Morgan fingerprint density at radius 3 is 2.63 bits per heavy atom. The summed E-state index contributed by atoms with van der Waals surface area (Å²) in [5.41, 5.74) is 1.66. The average molecular weight is 266 g/mol. The van der Waals surface area contributed by atoms with Crippen molar-refractivity contribution >= 4 is 0 Å². The van der Waals surface area contributed by atoms with E-state index in [1.807, 2.05) is 32.0 Å². The van der Waals surface area contributed by atoms with Crippen LogP contribution in [0.2, 0.25) is 0 Å². The van der Waals surface area contributed by atoms with Gasteiger partial charge in [0.25, 0.3) is 0 Å². The molecule has 0 fully saturated rings. The van der Waals surface area contributed by atoms with Gasteiger partial charge in [-0.1, -0.05) is 24.3 Å². The van der Waals surface area contributed by atoms with Crippen LogP contribution in [0.25, 0.3) is 0 Å². The molecule has 0 amide bonds. The lowest BCUT2D eigenvalue weighted by Gasteiger charge is -2.27. The molecule has 0 aliphatic carbocycles. The maximum absolute atomic E-state index is 10.2. The van der Waals surface area contributed by atoms with Gasteiger partial charge in [-0.25, -0.2) is 0 Å². The van der Waals surface area contributed by atoms with Crippen LogP contribution in [-0.2, 0) is 17.9 Å². The molecule has 0 spiro atoms. The summed E-state index contributed by atoms with van der Waals surface area (Å²) in [6, 6.07) is 8.28. The summed E-state index contributed by atoms with van der Waals surface area (Å²) in [4.78, 5) is 1.99. The summed E-state index contributed by atoms with van der Waals surface area (Å²) in [5.74, 6) is 0. The fourth-order valence-electron chi connectivity index (χ4n) is 2.21. The number of hydrogen-bond donors (Lipinski definition) is 2. The lowest BCUT2D eigenvalue weighted by atomic mass is 10.1. The van der Waals surface area contributed by atoms with Crippen LogP contribution < -0.4 is 5.32 Å². The van der Waals surface area contributed by atoms with Crippen LogP contribution in [0.1, 0.15) is 18.1 Å². The molecule has 0 heterocycles. The molecular weight excluding hydrogens is 240 g/mol. The first-order valence-electron chi connectivity index (χ1n) is 6.57. The number of aliphatic hydroxyl groups is 1. The van der Waals surface area contributed by atoms with E-state index in [1.165, 1.54) is 11.1 Å². The van der Waals surface area contributed by atoms with Gasteiger partial charge in [0, 0.05) is 26.7 Å². The van der Waals surface area contributed by atoms with E-state index in [0.717, 1.165) is 6.54 Å². The molecule has 0 bridgehead atoms. The molecule has 0 saturated carbocycles. The largest absolute Gasteiger partial charge is 0.388 e. The van der Waals surface area contributed by atoms with E-state index in [0.29, 0.717) is 19.7 Å². The lowest BCUT2D eigenvalue weighted by molar-refractivity contribution is 0.0336. The van der Waals surface area contributed by atoms with E-state index >= 15 is 0 Å². The summed E-state index contributed by atoms with van der Waals surface area (Å²) >= 11 is 0. The molecule has 2 N–H and O–H groups in total. The van der Waals surface area contributed by atoms with E-state index in [-0.39, 0.29) is 0 Å². The number of rotatable bonds is 8. The van der Waals surface area contributed by atoms with Crippen molar-refractivity contribution in [1.82, 2.24) is 10.2 Å². The summed E-state index contributed by atoms with van der Waals surface area (Å²) < 4.78 is 5.12. The van der Waals surface area contributed by atoms with Gasteiger partial charge in [-0.15, -0.1) is 0 Å². The zero-order valence-electron chi connectivity index (χ0n) is 12.4. The molecule has 1 rings (SSSR count). The van der Waals surface area contributed by atoms with Crippen molar-refractivity contribution in [2.75, 3.05) is 34.3 Å². The maximum atomic E-state index is 10.2. The normalized spacial score (nSPS) is 14.6. The Morgan fingerprint density at radius 1 is 1.32 bits per heavy atom. The number of likely N-dealkylation sites (N-methyl/N-ethyl adjacent to an activating group) is 1. The van der Waals surface area contributed by atoms with Crippen molar-refractivity contribution in [2.45, 2.75) is 25.7 Å². The highest BCUT2D eigenvalue weighted by atomic mass is 16.5. The monoisotopic (exact) mass is 266 g/mol. The summed E-state index contributed by atoms with van der Waals surface area (Å²) in [5, 5.41) is 13.5. The van der Waals surface area contributed by atoms with Crippen LogP contribution >= 0.6 is 0 Å². The molecule has 108 valence electrons. The van der Waals surface area contributed by atoms with Gasteiger partial charge in [-0.05, 0) is 32.1 Å². The van der Waals surface area contributed by atoms with E-state index in [2.05, 4.69) is 23.5 Å². The van der Waals surface area contributed by atoms with Gasteiger partial charge in [-0.2, -0.15) is 0 Å². The van der Waals surface area contributed by atoms with E-state index in [4.69, 9.17) is 4.74 Å². The molecule has 0 aliphatic rings. The molecule has 0 radical (unpaired) electrons. The quantitative estimate of drug-likeness (QED) is 0.743. The van der Waals surface area contributed by atoms with Gasteiger partial charge >= 0.3 is 0 Å². The molecule has 0 aromatic heterocycles. The van der Waals surface area contributed by atoms with Crippen LogP contribution in [0.3, 0.4) is 0 Å². The van der Waals surface area contributed by atoms with Gasteiger partial charge in [0.2, 0.25) is 0 Å². The Bertz CT molecular complexity index is 378. The van der Waals surface area contributed by atoms with Crippen LogP contribution in [-0.4, -0.2) is 49.9 Å². The number of methoxy groups -OCH3 is 1. The minimum Gasteiger partial charge on any atom is -0.388 e. The Kier molecular flexibility index (Phi) is 6.45. The fraction of sp³-hybridized carbons (Fsp3) is 0.600. The molecule has 1 atom stereocenters. The van der Waals surface area contributed by atoms with Gasteiger partial charge in [0.15, 0.2) is 0 Å². The van der Waals surface area contributed by atoms with Crippen molar-refractivity contribution in [2.24, 2.45) is 0 Å². The Morgan fingerprint density at radius 2 is 2.00 bits per heavy atom. The summed E-state index contributed by atoms with van der Waals surface area (Å²) in [6.45, 7) is 4.44. The van der Waals surface area contributed by atoms with Gasteiger partial charge in [0.05, 0.1) is 12.2 Å². The third-order valence-corrected chi connectivity index (χ3v) is 2.79. The fourth-order valence-corrected chi connectivity index (χ4v) is 2.21. The second-order valence-corrected chi connectivity index (χ2v) is 5.59. The van der Waals surface area contributed by atoms with Crippen molar-refractivity contribution < 1.29 is 9.84 Å². The van der Waals surface area contributed by atoms with Crippen molar-refractivity contribution in [3.8, 4) is 0 Å². The first-order chi connectivity index (χ1) is 8.93. The van der Waals surface area contributed by atoms with Crippen molar-refractivity contribution in [3.05, 3.63) is 35.4 Å². The Balaban J connectivity index is 2.42. The minimum absolute atomic E-state index is 0.569. The Hall–Kier alpha value is -0.940. The third kappa shape index (κ3) is 6.68. The predicted molar refractivity (Wildman–Crippen MR) is 78.0 cm³/mol. The standard InChI is InChI=1S/C15H26N2O2/c1-15(18,12-17(2)3)11-16-9-13-6-5-7-14(8-13)10-19-4/h5-8,16,18H,9-12H2,1-4H3. The SMILES string of the molecule is COCc1cccc(CNCC(C)(O)CN(C)C)c1. The third-order valence-electron chi connectivity index (χ3n) is 2.79. The smallest absolute Gasteiger partial charge is 0.0869 e. The Labute approximate surface area is 116 Å². The summed E-state index contributed by atoms with van der Waals surface area (Å²) in [6.07, 6.45) is 0. The number of nitrogens with one attached hydrogen (secondary N) is 1. The van der Waals surface area contributed by atoms with Gasteiger partial charge in [0.1, 0.15) is 0 Å². The number of ether oxygens (including phenoxy) is 1.